The average Bonchev–Trinajstić information content (AvgIpc) is 2.37. The number of carbonyl (C=O) groups is 2. The number of nitrogens with one attached hydrogen (secondary N) is 1. The largest absolute Gasteiger partial charge is 0.508 e. The molecule has 0 radical (unpaired) electrons. The predicted molar refractivity (Wildman–Crippen MR) is 63.5 cm³/mol. The van der Waals surface area contributed by atoms with Crippen LogP contribution in [0.15, 0.2) is 18.2 Å². The van der Waals surface area contributed by atoms with E-state index >= 15 is 0 Å². The van der Waals surface area contributed by atoms with Crippen molar-refractivity contribution in [2.24, 2.45) is 0 Å². The van der Waals surface area contributed by atoms with Crippen LogP contribution in [0.2, 0.25) is 5.02 Å². The van der Waals surface area contributed by atoms with Gasteiger partial charge in [0.25, 0.3) is 5.91 Å². The van der Waals surface area contributed by atoms with E-state index in [9.17, 15) is 14.7 Å². The first-order valence-corrected chi connectivity index (χ1v) is 5.35. The quantitative estimate of drug-likeness (QED) is 0.686. The standard InChI is InChI=1S/C11H12ClNO5/c1-18-11(17)9(5-14)13-10(16)7-4-6(15)2-3-8(7)12/h2-4,9,14-15H,5H2,1H3,(H,13,16). The summed E-state index contributed by atoms with van der Waals surface area (Å²) in [6.07, 6.45) is 0. The Kier molecular flexibility index (Phi) is 4.94. The Balaban J connectivity index is 2.87. The van der Waals surface area contributed by atoms with E-state index in [1.807, 2.05) is 0 Å². The number of methoxy groups -OCH3 is 1. The van der Waals surface area contributed by atoms with Crippen LogP contribution in [-0.4, -0.2) is 41.8 Å². The van der Waals surface area contributed by atoms with Crippen LogP contribution in [0.5, 0.6) is 5.75 Å². The zero-order valence-electron chi connectivity index (χ0n) is 9.51. The van der Waals surface area contributed by atoms with Crippen molar-refractivity contribution in [3.8, 4) is 5.75 Å². The zero-order valence-corrected chi connectivity index (χ0v) is 10.3. The summed E-state index contributed by atoms with van der Waals surface area (Å²) in [4.78, 5) is 23.0. The molecule has 0 aliphatic carbocycles. The molecule has 0 saturated carbocycles. The molecule has 1 rings (SSSR count). The van der Waals surface area contributed by atoms with E-state index in [0.29, 0.717) is 0 Å². The Labute approximate surface area is 108 Å². The van der Waals surface area contributed by atoms with Gasteiger partial charge in [0.2, 0.25) is 0 Å². The Bertz CT molecular complexity index is 463. The zero-order chi connectivity index (χ0) is 13.7. The van der Waals surface area contributed by atoms with Crippen LogP contribution in [0, 0.1) is 0 Å². The molecule has 1 unspecified atom stereocenters. The number of hydrogen-bond donors (Lipinski definition) is 3. The number of benzene rings is 1. The number of rotatable bonds is 4. The number of hydrogen-bond acceptors (Lipinski definition) is 5. The highest BCUT2D eigenvalue weighted by atomic mass is 35.5. The highest BCUT2D eigenvalue weighted by Crippen LogP contribution is 2.21. The molecule has 0 spiro atoms. The maximum atomic E-state index is 11.8. The van der Waals surface area contributed by atoms with Crippen LogP contribution in [0.1, 0.15) is 10.4 Å². The normalized spacial score (nSPS) is 11.7. The van der Waals surface area contributed by atoms with Crippen LogP contribution >= 0.6 is 11.6 Å². The van der Waals surface area contributed by atoms with Gasteiger partial charge in [0.15, 0.2) is 6.04 Å². The fourth-order valence-corrected chi connectivity index (χ4v) is 1.45. The SMILES string of the molecule is COC(=O)C(CO)NC(=O)c1cc(O)ccc1Cl. The molecule has 0 saturated heterocycles. The highest BCUT2D eigenvalue weighted by Gasteiger charge is 2.22. The number of amides is 1. The predicted octanol–water partition coefficient (Wildman–Crippen LogP) is 0.309. The van der Waals surface area contributed by atoms with E-state index in [4.69, 9.17) is 16.7 Å². The van der Waals surface area contributed by atoms with Crippen LogP contribution in [0.25, 0.3) is 0 Å². The summed E-state index contributed by atoms with van der Waals surface area (Å²) >= 11 is 5.78. The van der Waals surface area contributed by atoms with E-state index in [2.05, 4.69) is 10.1 Å². The van der Waals surface area contributed by atoms with Crippen LogP contribution in [0.4, 0.5) is 0 Å². The molecule has 1 aromatic rings. The number of aliphatic hydroxyl groups excluding tert-OH is 1. The van der Waals surface area contributed by atoms with E-state index in [-0.39, 0.29) is 16.3 Å². The molecule has 1 aromatic carbocycles. The lowest BCUT2D eigenvalue weighted by molar-refractivity contribution is -0.143. The van der Waals surface area contributed by atoms with E-state index < -0.39 is 24.5 Å². The molecule has 18 heavy (non-hydrogen) atoms. The molecule has 1 atom stereocenters. The van der Waals surface area contributed by atoms with Gasteiger partial charge in [-0.3, -0.25) is 4.79 Å². The number of esters is 1. The number of halogens is 1. The van der Waals surface area contributed by atoms with Crippen LogP contribution < -0.4 is 5.32 Å². The second kappa shape index (κ2) is 6.23. The summed E-state index contributed by atoms with van der Waals surface area (Å²) in [5.41, 5.74) is -0.000908. The van der Waals surface area contributed by atoms with Gasteiger partial charge in [-0.2, -0.15) is 0 Å². The van der Waals surface area contributed by atoms with Crippen LogP contribution in [0.3, 0.4) is 0 Å². The van der Waals surface area contributed by atoms with Gasteiger partial charge in [0.05, 0.1) is 24.3 Å². The number of phenolic OH excluding ortho intramolecular Hbond substituents is 1. The van der Waals surface area contributed by atoms with Gasteiger partial charge < -0.3 is 20.3 Å². The number of carbonyl (C=O) groups excluding carboxylic acids is 2. The summed E-state index contributed by atoms with van der Waals surface area (Å²) in [6, 6.07) is 2.64. The first kappa shape index (κ1) is 14.3. The van der Waals surface area contributed by atoms with E-state index in [1.54, 1.807) is 0 Å². The molecule has 98 valence electrons. The summed E-state index contributed by atoms with van der Waals surface area (Å²) in [6.45, 7) is -0.602. The van der Waals surface area contributed by atoms with Gasteiger partial charge in [-0.05, 0) is 18.2 Å². The monoisotopic (exact) mass is 273 g/mol. The maximum absolute atomic E-state index is 11.8. The van der Waals surface area contributed by atoms with Crippen LogP contribution in [-0.2, 0) is 9.53 Å². The van der Waals surface area contributed by atoms with Gasteiger partial charge in [-0.1, -0.05) is 11.6 Å². The van der Waals surface area contributed by atoms with Gasteiger partial charge >= 0.3 is 5.97 Å². The van der Waals surface area contributed by atoms with Gasteiger partial charge in [-0.15, -0.1) is 0 Å². The van der Waals surface area contributed by atoms with Crippen molar-refractivity contribution < 1.29 is 24.5 Å². The molecule has 0 heterocycles. The number of aliphatic hydroxyl groups is 1. The lowest BCUT2D eigenvalue weighted by atomic mass is 10.2. The molecular formula is C11H12ClNO5. The smallest absolute Gasteiger partial charge is 0.330 e. The minimum Gasteiger partial charge on any atom is -0.508 e. The molecule has 1 amide bonds. The summed E-state index contributed by atoms with van der Waals surface area (Å²) in [5, 5.41) is 20.6. The van der Waals surface area contributed by atoms with E-state index in [0.717, 1.165) is 13.2 Å². The molecular weight excluding hydrogens is 262 g/mol. The lowest BCUT2D eigenvalue weighted by Crippen LogP contribution is -2.44. The molecule has 0 bridgehead atoms. The van der Waals surface area contributed by atoms with Crippen molar-refractivity contribution in [3.63, 3.8) is 0 Å². The fourth-order valence-electron chi connectivity index (χ4n) is 1.24. The Hall–Kier alpha value is -1.79. The van der Waals surface area contributed by atoms with E-state index in [1.165, 1.54) is 12.1 Å². The summed E-state index contributed by atoms with van der Waals surface area (Å²) < 4.78 is 4.40. The number of aromatic hydroxyl groups is 1. The second-order valence-electron chi connectivity index (χ2n) is 3.40. The highest BCUT2D eigenvalue weighted by molar-refractivity contribution is 6.33. The first-order valence-electron chi connectivity index (χ1n) is 4.97. The molecule has 0 aromatic heterocycles. The fraction of sp³-hybridized carbons (Fsp3) is 0.273. The molecule has 7 heteroatoms. The number of ether oxygens (including phenoxy) is 1. The Morgan fingerprint density at radius 1 is 1.50 bits per heavy atom. The second-order valence-corrected chi connectivity index (χ2v) is 3.80. The third kappa shape index (κ3) is 3.35. The third-order valence-corrected chi connectivity index (χ3v) is 2.50. The van der Waals surface area contributed by atoms with Crippen molar-refractivity contribution >= 4 is 23.5 Å². The van der Waals surface area contributed by atoms with Crippen molar-refractivity contribution in [1.82, 2.24) is 5.32 Å². The Morgan fingerprint density at radius 2 is 2.17 bits per heavy atom. The van der Waals surface area contributed by atoms with Crippen molar-refractivity contribution in [2.75, 3.05) is 13.7 Å². The summed E-state index contributed by atoms with van der Waals surface area (Å²) in [5.74, 6) is -1.61. The van der Waals surface area contributed by atoms with Crippen molar-refractivity contribution in [1.29, 1.82) is 0 Å². The minimum absolute atomic E-state index is 0.000908. The molecule has 6 nitrogen and oxygen atoms in total. The number of phenols is 1. The average molecular weight is 274 g/mol. The van der Waals surface area contributed by atoms with Gasteiger partial charge in [0, 0.05) is 0 Å². The van der Waals surface area contributed by atoms with Gasteiger partial charge in [-0.25, -0.2) is 4.79 Å². The van der Waals surface area contributed by atoms with Gasteiger partial charge in [0.1, 0.15) is 5.75 Å². The van der Waals surface area contributed by atoms with Crippen molar-refractivity contribution in [3.05, 3.63) is 28.8 Å². The topological polar surface area (TPSA) is 95.9 Å². The molecule has 0 aliphatic heterocycles. The lowest BCUT2D eigenvalue weighted by Gasteiger charge is -2.14. The Morgan fingerprint density at radius 3 is 2.72 bits per heavy atom. The van der Waals surface area contributed by atoms with Crippen molar-refractivity contribution in [2.45, 2.75) is 6.04 Å². The third-order valence-electron chi connectivity index (χ3n) is 2.17. The molecule has 0 aliphatic rings. The molecule has 3 N–H and O–H groups in total. The molecule has 0 fully saturated rings. The minimum atomic E-state index is -1.18. The maximum Gasteiger partial charge on any atom is 0.330 e. The summed E-state index contributed by atoms with van der Waals surface area (Å²) in [7, 11) is 1.14. The first-order chi connectivity index (χ1) is 8.49.